The van der Waals surface area contributed by atoms with Crippen molar-refractivity contribution in [3.8, 4) is 0 Å². The molecule has 0 bridgehead atoms. The lowest BCUT2D eigenvalue weighted by molar-refractivity contribution is 0.187. The van der Waals surface area contributed by atoms with Crippen LogP contribution < -0.4 is 10.6 Å². The highest BCUT2D eigenvalue weighted by Crippen LogP contribution is 2.12. The van der Waals surface area contributed by atoms with Crippen LogP contribution in [0.25, 0.3) is 0 Å². The SMILES string of the molecule is CN=C(NCCc1ccc(F)cc1F)NC1CCN(CC(C)C)CC1. The molecular weight excluding hydrogens is 322 g/mol. The zero-order chi connectivity index (χ0) is 18.2. The molecular formula is C19H30F2N4. The van der Waals surface area contributed by atoms with E-state index in [1.165, 1.54) is 12.1 Å². The minimum Gasteiger partial charge on any atom is -0.356 e. The number of halogens is 2. The van der Waals surface area contributed by atoms with Crippen molar-refractivity contribution in [2.75, 3.05) is 33.2 Å². The van der Waals surface area contributed by atoms with Crippen molar-refractivity contribution in [3.05, 3.63) is 35.4 Å². The van der Waals surface area contributed by atoms with Gasteiger partial charge >= 0.3 is 0 Å². The van der Waals surface area contributed by atoms with E-state index in [1.807, 2.05) is 0 Å². The fourth-order valence-corrected chi connectivity index (χ4v) is 3.20. The molecule has 0 unspecified atom stereocenters. The molecule has 0 radical (unpaired) electrons. The zero-order valence-electron chi connectivity index (χ0n) is 15.5. The normalized spacial score (nSPS) is 17.1. The fourth-order valence-electron chi connectivity index (χ4n) is 3.20. The number of aliphatic imine (C=N–C) groups is 1. The third-order valence-corrected chi connectivity index (χ3v) is 4.48. The van der Waals surface area contributed by atoms with Crippen molar-refractivity contribution >= 4 is 5.96 Å². The van der Waals surface area contributed by atoms with Gasteiger partial charge in [0.05, 0.1) is 0 Å². The first-order valence-electron chi connectivity index (χ1n) is 9.11. The first-order chi connectivity index (χ1) is 12.0. The molecule has 1 saturated heterocycles. The van der Waals surface area contributed by atoms with E-state index in [-0.39, 0.29) is 0 Å². The molecule has 25 heavy (non-hydrogen) atoms. The Morgan fingerprint density at radius 3 is 2.60 bits per heavy atom. The van der Waals surface area contributed by atoms with Gasteiger partial charge in [-0.05, 0) is 36.8 Å². The Bertz CT molecular complexity index is 567. The highest BCUT2D eigenvalue weighted by molar-refractivity contribution is 5.79. The molecule has 0 aromatic heterocycles. The molecule has 4 nitrogen and oxygen atoms in total. The van der Waals surface area contributed by atoms with Crippen LogP contribution in [0.3, 0.4) is 0 Å². The second kappa shape index (κ2) is 9.70. The predicted octanol–water partition coefficient (Wildman–Crippen LogP) is 2.79. The molecule has 2 rings (SSSR count). The van der Waals surface area contributed by atoms with E-state index in [1.54, 1.807) is 7.05 Å². The summed E-state index contributed by atoms with van der Waals surface area (Å²) in [7, 11) is 1.74. The first kappa shape index (κ1) is 19.6. The van der Waals surface area contributed by atoms with E-state index in [2.05, 4.69) is 34.4 Å². The highest BCUT2D eigenvalue weighted by atomic mass is 19.1. The van der Waals surface area contributed by atoms with Crippen LogP contribution in [0.2, 0.25) is 0 Å². The Balaban J connectivity index is 1.72. The van der Waals surface area contributed by atoms with Crippen LogP contribution in [-0.4, -0.2) is 50.1 Å². The van der Waals surface area contributed by atoms with E-state index in [9.17, 15) is 8.78 Å². The van der Waals surface area contributed by atoms with Crippen LogP contribution in [-0.2, 0) is 6.42 Å². The van der Waals surface area contributed by atoms with Gasteiger partial charge in [-0.2, -0.15) is 0 Å². The number of piperidine rings is 1. The summed E-state index contributed by atoms with van der Waals surface area (Å²) < 4.78 is 26.6. The molecule has 1 aromatic carbocycles. The van der Waals surface area contributed by atoms with Gasteiger partial charge in [0.15, 0.2) is 5.96 Å². The number of rotatable bonds is 6. The van der Waals surface area contributed by atoms with Crippen molar-refractivity contribution in [2.24, 2.45) is 10.9 Å². The lowest BCUT2D eigenvalue weighted by Gasteiger charge is -2.34. The Morgan fingerprint density at radius 1 is 1.28 bits per heavy atom. The van der Waals surface area contributed by atoms with Crippen LogP contribution in [0.1, 0.15) is 32.3 Å². The maximum atomic E-state index is 13.6. The molecule has 0 atom stereocenters. The molecule has 1 aromatic rings. The van der Waals surface area contributed by atoms with Gasteiger partial charge in [0.25, 0.3) is 0 Å². The fraction of sp³-hybridized carbons (Fsp3) is 0.632. The summed E-state index contributed by atoms with van der Waals surface area (Å²) in [5.41, 5.74) is 0.506. The second-order valence-corrected chi connectivity index (χ2v) is 7.10. The monoisotopic (exact) mass is 352 g/mol. The Hall–Kier alpha value is -1.69. The molecule has 6 heteroatoms. The minimum absolute atomic E-state index is 0.414. The molecule has 0 spiro atoms. The summed E-state index contributed by atoms with van der Waals surface area (Å²) in [5.74, 6) is 0.397. The average molecular weight is 352 g/mol. The topological polar surface area (TPSA) is 39.7 Å². The van der Waals surface area contributed by atoms with Gasteiger partial charge in [-0.1, -0.05) is 19.9 Å². The van der Waals surface area contributed by atoms with E-state index in [0.29, 0.717) is 30.5 Å². The highest BCUT2D eigenvalue weighted by Gasteiger charge is 2.20. The molecule has 1 fully saturated rings. The Morgan fingerprint density at radius 2 is 2.00 bits per heavy atom. The molecule has 140 valence electrons. The van der Waals surface area contributed by atoms with E-state index in [4.69, 9.17) is 0 Å². The van der Waals surface area contributed by atoms with E-state index < -0.39 is 11.6 Å². The molecule has 0 aliphatic carbocycles. The number of hydrogen-bond acceptors (Lipinski definition) is 2. The van der Waals surface area contributed by atoms with E-state index >= 15 is 0 Å². The summed E-state index contributed by atoms with van der Waals surface area (Å²) in [6.07, 6.45) is 2.68. The summed E-state index contributed by atoms with van der Waals surface area (Å²) in [4.78, 5) is 6.75. The maximum absolute atomic E-state index is 13.6. The minimum atomic E-state index is -0.546. The van der Waals surface area contributed by atoms with Gasteiger partial charge in [0.2, 0.25) is 0 Å². The van der Waals surface area contributed by atoms with Gasteiger partial charge in [0, 0.05) is 45.3 Å². The quantitative estimate of drug-likeness (QED) is 0.611. The van der Waals surface area contributed by atoms with Crippen molar-refractivity contribution in [1.29, 1.82) is 0 Å². The zero-order valence-corrected chi connectivity index (χ0v) is 15.5. The van der Waals surface area contributed by atoms with Crippen LogP contribution >= 0.6 is 0 Å². The van der Waals surface area contributed by atoms with E-state index in [0.717, 1.165) is 44.5 Å². The number of nitrogens with zero attached hydrogens (tertiary/aromatic N) is 2. The number of guanidine groups is 1. The Kier molecular flexibility index (Phi) is 7.62. The molecule has 2 N–H and O–H groups in total. The molecule has 0 saturated carbocycles. The Labute approximate surface area is 149 Å². The average Bonchev–Trinajstić information content (AvgIpc) is 2.57. The summed E-state index contributed by atoms with van der Waals surface area (Å²) in [6, 6.07) is 4.12. The lowest BCUT2D eigenvalue weighted by Crippen LogP contribution is -2.49. The second-order valence-electron chi connectivity index (χ2n) is 7.10. The molecule has 0 amide bonds. The number of hydrogen-bond donors (Lipinski definition) is 2. The standard InChI is InChI=1S/C19H30F2N4/c1-14(2)13-25-10-7-17(8-11-25)24-19(22-3)23-9-6-15-4-5-16(20)12-18(15)21/h4-5,12,14,17H,6-11,13H2,1-3H3,(H2,22,23,24). The van der Waals surface area contributed by atoms with Crippen molar-refractivity contribution < 1.29 is 8.78 Å². The smallest absolute Gasteiger partial charge is 0.191 e. The largest absolute Gasteiger partial charge is 0.356 e. The van der Waals surface area contributed by atoms with Crippen LogP contribution in [0.4, 0.5) is 8.78 Å². The molecule has 1 aliphatic heterocycles. The van der Waals surface area contributed by atoms with Crippen molar-refractivity contribution in [2.45, 2.75) is 39.2 Å². The van der Waals surface area contributed by atoms with Gasteiger partial charge in [-0.25, -0.2) is 8.78 Å². The van der Waals surface area contributed by atoms with Gasteiger partial charge in [-0.15, -0.1) is 0 Å². The number of likely N-dealkylation sites (tertiary alicyclic amines) is 1. The number of nitrogens with one attached hydrogen (secondary N) is 2. The molecule has 1 heterocycles. The van der Waals surface area contributed by atoms with Crippen molar-refractivity contribution in [1.82, 2.24) is 15.5 Å². The van der Waals surface area contributed by atoms with Gasteiger partial charge in [0.1, 0.15) is 11.6 Å². The lowest BCUT2D eigenvalue weighted by atomic mass is 10.0. The van der Waals surface area contributed by atoms with Crippen LogP contribution in [0.15, 0.2) is 23.2 Å². The molecule has 1 aliphatic rings. The third-order valence-electron chi connectivity index (χ3n) is 4.48. The van der Waals surface area contributed by atoms with Crippen LogP contribution in [0.5, 0.6) is 0 Å². The summed E-state index contributed by atoms with van der Waals surface area (Å²) in [5, 5.41) is 6.66. The number of benzene rings is 1. The van der Waals surface area contributed by atoms with Gasteiger partial charge in [-0.3, -0.25) is 4.99 Å². The first-order valence-corrected chi connectivity index (χ1v) is 9.11. The summed E-state index contributed by atoms with van der Waals surface area (Å²) in [6.45, 7) is 8.42. The van der Waals surface area contributed by atoms with Crippen LogP contribution in [0, 0.1) is 17.6 Å². The third kappa shape index (κ3) is 6.61. The maximum Gasteiger partial charge on any atom is 0.191 e. The van der Waals surface area contributed by atoms with Gasteiger partial charge < -0.3 is 15.5 Å². The predicted molar refractivity (Wildman–Crippen MR) is 98.9 cm³/mol. The van der Waals surface area contributed by atoms with Crippen molar-refractivity contribution in [3.63, 3.8) is 0 Å². The summed E-state index contributed by atoms with van der Waals surface area (Å²) >= 11 is 0.